The number of hydrogen-bond acceptors (Lipinski definition) is 28. The first kappa shape index (κ1) is 109. The van der Waals surface area contributed by atoms with E-state index in [1.54, 1.807) is 51.6 Å². The van der Waals surface area contributed by atoms with Crippen molar-refractivity contribution in [3.63, 3.8) is 0 Å². The molecule has 11 N–H and O–H groups in total. The molecule has 0 aliphatic rings. The summed E-state index contributed by atoms with van der Waals surface area (Å²) in [5.74, 6) is 0.237. The number of aromatic nitrogens is 12. The zero-order valence-corrected chi connectivity index (χ0v) is 86.0. The number of carboxylic acids is 1. The number of fused-ring (bicyclic) bond motifs is 4. The van der Waals surface area contributed by atoms with Crippen LogP contribution < -0.4 is 33.2 Å². The molecule has 764 valence electrons. The lowest BCUT2D eigenvalue weighted by Crippen LogP contribution is -2.32. The van der Waals surface area contributed by atoms with Crippen molar-refractivity contribution in [2.45, 2.75) is 164 Å². The Hall–Kier alpha value is -18.0. The number of carbonyl (C=O) groups excluding carboxylic acids is 4. The number of esters is 1. The molecule has 0 radical (unpaired) electrons. The van der Waals surface area contributed by atoms with E-state index in [1.165, 1.54) is 0 Å². The highest BCUT2D eigenvalue weighted by atomic mass is 35.5. The van der Waals surface area contributed by atoms with Crippen LogP contribution in [0.25, 0.3) is 156 Å². The van der Waals surface area contributed by atoms with Gasteiger partial charge in [-0.15, -0.1) is 12.4 Å². The number of oxime groups is 1. The van der Waals surface area contributed by atoms with Gasteiger partial charge in [0.2, 0.25) is 23.4 Å². The second-order valence-corrected chi connectivity index (χ2v) is 38.1. The quantitative estimate of drug-likeness (QED) is 0.00736. The number of nitrogens with zero attached hydrogens (tertiary/aromatic N) is 14. The first-order valence-corrected chi connectivity index (χ1v) is 48.0. The summed E-state index contributed by atoms with van der Waals surface area (Å²) >= 11 is 0. The van der Waals surface area contributed by atoms with Crippen LogP contribution in [-0.4, -0.2) is 129 Å². The minimum Gasteiger partial charge on any atom is -0.481 e. The van der Waals surface area contributed by atoms with Gasteiger partial charge in [0, 0.05) is 123 Å². The number of nitriles is 1. The van der Waals surface area contributed by atoms with E-state index >= 15 is 0 Å². The highest BCUT2D eigenvalue weighted by Gasteiger charge is 2.26. The van der Waals surface area contributed by atoms with Crippen molar-refractivity contribution < 1.29 is 62.3 Å². The summed E-state index contributed by atoms with van der Waals surface area (Å²) in [6, 6.07) is 89.7. The number of benzene rings is 8. The number of carboxylic acid groups (broad SMARTS) is 1. The fourth-order valence-electron chi connectivity index (χ4n) is 15.4. The number of hydrogen-bond donors (Lipinski definition) is 8. The third kappa shape index (κ3) is 29.7. The first-order valence-electron chi connectivity index (χ1n) is 48.0. The summed E-state index contributed by atoms with van der Waals surface area (Å²) in [6.45, 7) is 25.4. The molecule has 10 heterocycles. The number of halogens is 1. The van der Waals surface area contributed by atoms with E-state index in [0.29, 0.717) is 95.2 Å². The van der Waals surface area contributed by atoms with Gasteiger partial charge in [-0.3, -0.25) is 24.5 Å². The molecule has 150 heavy (non-hydrogen) atoms. The smallest absolute Gasteiger partial charge is 0.407 e. The van der Waals surface area contributed by atoms with Gasteiger partial charge in [-0.1, -0.05) is 241 Å². The average Bonchev–Trinajstić information content (AvgIpc) is 0.952. The summed E-state index contributed by atoms with van der Waals surface area (Å²) in [5.41, 5.74) is 38.9. The molecule has 3 amide bonds. The zero-order chi connectivity index (χ0) is 106. The molecule has 0 spiro atoms. The number of ether oxygens (including phenoxy) is 4. The second kappa shape index (κ2) is 49.7. The lowest BCUT2D eigenvalue weighted by molar-refractivity contribution is -0.157. The third-order valence-corrected chi connectivity index (χ3v) is 22.2. The van der Waals surface area contributed by atoms with Gasteiger partial charge in [0.05, 0.1) is 64.2 Å². The van der Waals surface area contributed by atoms with Gasteiger partial charge in [-0.05, 0) is 176 Å². The van der Waals surface area contributed by atoms with Crippen molar-refractivity contribution in [1.29, 1.82) is 5.26 Å². The van der Waals surface area contributed by atoms with Gasteiger partial charge in [0.25, 0.3) is 0 Å². The molecule has 8 aromatic carbocycles. The highest BCUT2D eigenvalue weighted by Crippen LogP contribution is 2.41. The maximum absolute atomic E-state index is 12.0. The van der Waals surface area contributed by atoms with E-state index in [-0.39, 0.29) is 37.6 Å². The average molecular weight is 2030 g/mol. The Labute approximate surface area is 873 Å². The molecule has 18 aromatic rings. The number of nitrogens with two attached hydrogens (primary N) is 3. The van der Waals surface area contributed by atoms with Crippen LogP contribution in [0, 0.1) is 11.3 Å². The number of nitrogens with one attached hydrogen (secondary N) is 3. The molecule has 0 aliphatic carbocycles. The van der Waals surface area contributed by atoms with Gasteiger partial charge >= 0.3 is 30.2 Å². The number of aryl methyl sites for hydroxylation is 1. The lowest BCUT2D eigenvalue weighted by Gasteiger charge is -2.19. The number of amidine groups is 1. The molecule has 0 atom stereocenters. The molecule has 0 unspecified atom stereocenters. The fourth-order valence-corrected chi connectivity index (χ4v) is 15.4. The Morgan fingerprint density at radius 1 is 0.373 bits per heavy atom. The molecule has 10 aromatic heterocycles. The molecule has 0 fully saturated rings. The fraction of sp³-hybridized carbons (Fsp3) is 0.216. The van der Waals surface area contributed by atoms with Gasteiger partial charge in [-0.2, -0.15) is 15.2 Å². The van der Waals surface area contributed by atoms with Crippen LogP contribution in [0.4, 0.5) is 14.4 Å². The number of amides is 3. The Kier molecular flexibility index (Phi) is 36.2. The van der Waals surface area contributed by atoms with Crippen LogP contribution in [0.15, 0.2) is 306 Å². The molecule has 0 saturated carbocycles. The second-order valence-electron chi connectivity index (χ2n) is 38.1. The van der Waals surface area contributed by atoms with Crippen molar-refractivity contribution in [2.24, 2.45) is 22.4 Å². The number of pyridine rings is 8. The SMILES string of the molecule is CC(C)(C)OC(=O)CCC(=O)O.CC(C)(C)OC(=O)NCc1ccc(-c2nc3ccnc(/C(N)=N/O)c3cc2-c2ccccc2)cc1.CC(C)(C)OC(=O)NCc1ccc(-c2nc3ccnc(C#N)c3cc2-c2ccccc2)cc1.CCc1nc(-c2nccc3nc(-c4ccc(CNC(=O)OC(C)(C)C)cc4)c(-c4ccccc4)cc23)no1.Cl.NCc1ccc(-c2nc3ccnc(-c4noc(CN)n4)c3cc2-c2ccccc2)cc1. The largest absolute Gasteiger partial charge is 0.481 e. The Balaban J connectivity index is 0.000000160. The minimum atomic E-state index is -0.985. The minimum absolute atomic E-state index is 0. The topological polar surface area (TPSA) is 494 Å². The standard InChI is InChI=1S/C30H29N5O3.C27H27N5O3.C27H24N4O2.C24H20N6O.C8H14O4.ClH/c1-5-25-34-28(35-38-25)27-23-17-22(20-9-7-6-8-10-20)26(33-24(23)15-16-31-27)21-13-11-19(12-14-21)18-32-29(36)37-30(2,3)4;1-27(2,3)35-26(33)30-16-17-9-11-19(12-10-17)23-20(18-7-5-4-6-8-18)15-21-22(31-23)13-14-29-24(21)25(28)32-34;1-27(2,3)33-26(32)30-17-18-9-11-20(12-10-18)25-21(19-7-5-4-6-8-19)15-22-23(31-25)13-14-29-24(22)16-28;25-13-15-6-8-17(9-7-15)22-18(16-4-2-1-3-5-16)12-19-20(28-22)10-11-27-23(19)24-29-21(14-26)31-30-24;1-8(2,3)12-7(11)5-4-6(9)10;/h6-17H,5,18H2,1-4H3,(H,32,36);4-15,34H,16H2,1-3H3,(H2,28,32)(H,30,33);4-15H,17H2,1-3H3,(H,30,32);1-12H,13-14,25-26H2;4-5H2,1-3H3,(H,9,10);1H. The van der Waals surface area contributed by atoms with E-state index in [1.807, 2.05) is 282 Å². The molecule has 34 heteroatoms. The van der Waals surface area contributed by atoms with Gasteiger partial charge in [0.1, 0.15) is 51.2 Å². The predicted molar refractivity (Wildman–Crippen MR) is 580 cm³/mol. The summed E-state index contributed by atoms with van der Waals surface area (Å²) in [4.78, 5) is 103. The van der Waals surface area contributed by atoms with Gasteiger partial charge in [-0.25, -0.2) is 39.3 Å². The van der Waals surface area contributed by atoms with Gasteiger partial charge < -0.3 is 71.5 Å². The van der Waals surface area contributed by atoms with Crippen LogP contribution >= 0.6 is 12.4 Å². The van der Waals surface area contributed by atoms with Crippen LogP contribution in [0.3, 0.4) is 0 Å². The number of rotatable bonds is 23. The Morgan fingerprint density at radius 2 is 0.687 bits per heavy atom. The molecule has 18 rings (SSSR count). The third-order valence-electron chi connectivity index (χ3n) is 22.2. The van der Waals surface area contributed by atoms with E-state index in [0.717, 1.165) is 139 Å². The monoisotopic (exact) mass is 2030 g/mol. The van der Waals surface area contributed by atoms with Crippen molar-refractivity contribution in [3.8, 4) is 119 Å². The van der Waals surface area contributed by atoms with Crippen molar-refractivity contribution >= 4 is 92.1 Å². The summed E-state index contributed by atoms with van der Waals surface area (Å²) in [7, 11) is 0. The highest BCUT2D eigenvalue weighted by molar-refractivity contribution is 6.08. The first-order chi connectivity index (χ1) is 71.5. The number of alkyl carbamates (subject to hydrolysis) is 3. The van der Waals surface area contributed by atoms with Crippen molar-refractivity contribution in [1.82, 2.24) is 76.1 Å². The zero-order valence-electron chi connectivity index (χ0n) is 85.2. The molecular formula is C116H115ClN20O13. The normalized spacial score (nSPS) is 11.3. The molecule has 0 aliphatic heterocycles. The summed E-state index contributed by atoms with van der Waals surface area (Å²) in [6.07, 6.45) is 5.67. The molecule has 33 nitrogen and oxygen atoms in total. The van der Waals surface area contributed by atoms with Crippen LogP contribution in [0.5, 0.6) is 0 Å². The van der Waals surface area contributed by atoms with Crippen molar-refractivity contribution in [3.05, 3.63) is 337 Å². The van der Waals surface area contributed by atoms with E-state index < -0.39 is 52.6 Å². The van der Waals surface area contributed by atoms with Crippen molar-refractivity contribution in [2.75, 3.05) is 0 Å². The Morgan fingerprint density at radius 3 is 1.00 bits per heavy atom. The van der Waals surface area contributed by atoms with E-state index in [9.17, 15) is 34.4 Å². The Bertz CT molecular complexity index is 7830. The summed E-state index contributed by atoms with van der Waals surface area (Å²) < 4.78 is 31.3. The van der Waals surface area contributed by atoms with Crippen LogP contribution in [0.1, 0.15) is 148 Å². The van der Waals surface area contributed by atoms with Crippen LogP contribution in [-0.2, 0) is 67.7 Å². The molecular weight excluding hydrogens is 1920 g/mol. The number of aliphatic carboxylic acids is 1. The molecule has 0 bridgehead atoms. The van der Waals surface area contributed by atoms with E-state index in [2.05, 4.69) is 116 Å². The summed E-state index contributed by atoms with van der Waals surface area (Å²) in [5, 5.41) is 49.7. The maximum Gasteiger partial charge on any atom is 0.407 e. The maximum atomic E-state index is 12.0. The number of carbonyl (C=O) groups is 5. The van der Waals surface area contributed by atoms with E-state index in [4.69, 9.17) is 70.2 Å². The van der Waals surface area contributed by atoms with Crippen LogP contribution in [0.2, 0.25) is 0 Å². The lowest BCUT2D eigenvalue weighted by atomic mass is 9.96. The predicted octanol–water partition coefficient (Wildman–Crippen LogP) is 23.1. The van der Waals surface area contributed by atoms with Gasteiger partial charge in [0.15, 0.2) is 5.84 Å². The molecule has 0 saturated heterocycles.